The van der Waals surface area contributed by atoms with Gasteiger partial charge in [0.05, 0.1) is 0 Å². The summed E-state index contributed by atoms with van der Waals surface area (Å²) in [4.78, 5) is 2.90. The second kappa shape index (κ2) is 6.78. The summed E-state index contributed by atoms with van der Waals surface area (Å²) in [5, 5.41) is 0. The van der Waals surface area contributed by atoms with Gasteiger partial charge in [0.2, 0.25) is 0 Å². The Balaban J connectivity index is 3.64. The molecule has 0 radical (unpaired) electrons. The summed E-state index contributed by atoms with van der Waals surface area (Å²) in [5.41, 5.74) is 0.934. The van der Waals surface area contributed by atoms with Gasteiger partial charge in [0.25, 0.3) is 0 Å². The third-order valence-electron chi connectivity index (χ3n) is 5.59. The number of rotatable bonds is 0. The summed E-state index contributed by atoms with van der Waals surface area (Å²) < 4.78 is 0. The summed E-state index contributed by atoms with van der Waals surface area (Å²) >= 11 is 0. The minimum Gasteiger partial charge on any atom is -0.291 e. The summed E-state index contributed by atoms with van der Waals surface area (Å²) in [7, 11) is 0. The summed E-state index contributed by atoms with van der Waals surface area (Å²) in [5.74, 6) is 0.557. The molecule has 0 N–H and O–H groups in total. The first kappa shape index (κ1) is 21.7. The fourth-order valence-corrected chi connectivity index (χ4v) is 4.56. The number of nitrogens with zero attached hydrogens (tertiary/aromatic N) is 1. The monoisotopic (exact) mass is 335 g/mol. The lowest BCUT2D eigenvalue weighted by molar-refractivity contribution is -0.0876. The van der Waals surface area contributed by atoms with Gasteiger partial charge in [-0.15, -0.1) is 0 Å². The molecule has 3 unspecified atom stereocenters. The molecule has 142 valence electrons. The lowest BCUT2D eigenvalue weighted by atomic mass is 9.64. The quantitative estimate of drug-likeness (QED) is 0.434. The third kappa shape index (κ3) is 5.10. The van der Waals surface area contributed by atoms with E-state index >= 15 is 0 Å². The van der Waals surface area contributed by atoms with Gasteiger partial charge in [0.1, 0.15) is 0 Å². The highest BCUT2D eigenvalue weighted by atomic mass is 15.3. The van der Waals surface area contributed by atoms with Gasteiger partial charge in [-0.2, -0.15) is 0 Å². The van der Waals surface area contributed by atoms with Crippen molar-refractivity contribution in [3.8, 4) is 0 Å². The van der Waals surface area contributed by atoms with E-state index in [1.54, 1.807) is 0 Å². The first-order chi connectivity index (χ1) is 10.5. The number of hydrogen-bond acceptors (Lipinski definition) is 1. The molecule has 0 fully saturated rings. The van der Waals surface area contributed by atoms with Crippen LogP contribution in [0.25, 0.3) is 0 Å². The van der Waals surface area contributed by atoms with Gasteiger partial charge in [0.15, 0.2) is 0 Å². The third-order valence-corrected chi connectivity index (χ3v) is 5.59. The average molecular weight is 336 g/mol. The maximum atomic E-state index is 2.90. The molecule has 1 nitrogen and oxygen atoms in total. The number of hydrogen-bond donors (Lipinski definition) is 0. The Morgan fingerprint density at radius 1 is 0.708 bits per heavy atom. The van der Waals surface area contributed by atoms with Gasteiger partial charge in [-0.3, -0.25) is 4.90 Å². The maximum Gasteiger partial charge on any atom is 0.0220 e. The highest BCUT2D eigenvalue weighted by Gasteiger charge is 2.49. The second-order valence-corrected chi connectivity index (χ2v) is 12.2. The normalized spacial score (nSPS) is 29.9. The molecule has 1 rings (SSSR count). The van der Waals surface area contributed by atoms with Crippen molar-refractivity contribution < 1.29 is 0 Å². The highest BCUT2D eigenvalue weighted by molar-refractivity contribution is 5.10. The summed E-state index contributed by atoms with van der Waals surface area (Å²) in [6, 6.07) is 1.12. The van der Waals surface area contributed by atoms with Crippen molar-refractivity contribution in [3.63, 3.8) is 0 Å². The van der Waals surface area contributed by atoms with Crippen LogP contribution in [0.4, 0.5) is 0 Å². The zero-order chi connectivity index (χ0) is 19.1. The average Bonchev–Trinajstić information content (AvgIpc) is 2.20. The minimum atomic E-state index is 0.157. The van der Waals surface area contributed by atoms with E-state index < -0.39 is 0 Å². The first-order valence-corrected chi connectivity index (χ1v) is 9.92. The SMILES string of the molecule is CC(C)(C)C1/C=C\CCC(C(C)(C)C)N(C(C)(C)C)C1C(C)(C)C. The second-order valence-electron chi connectivity index (χ2n) is 12.2. The Hall–Kier alpha value is -0.300. The molecule has 0 aromatic carbocycles. The molecular formula is C23H45N. The van der Waals surface area contributed by atoms with Crippen LogP contribution in [0.5, 0.6) is 0 Å². The molecule has 1 heterocycles. The van der Waals surface area contributed by atoms with Crippen LogP contribution < -0.4 is 0 Å². The predicted molar refractivity (Wildman–Crippen MR) is 109 cm³/mol. The van der Waals surface area contributed by atoms with Crippen molar-refractivity contribution in [2.24, 2.45) is 22.2 Å². The maximum absolute atomic E-state index is 2.90. The fourth-order valence-electron chi connectivity index (χ4n) is 4.56. The highest BCUT2D eigenvalue weighted by Crippen LogP contribution is 2.47. The minimum absolute atomic E-state index is 0.157. The molecule has 0 amide bonds. The van der Waals surface area contributed by atoms with Gasteiger partial charge in [0, 0.05) is 17.6 Å². The first-order valence-electron chi connectivity index (χ1n) is 9.92. The molecule has 0 aromatic heterocycles. The molecule has 0 saturated carbocycles. The van der Waals surface area contributed by atoms with Crippen LogP contribution in [0.1, 0.15) is 95.9 Å². The van der Waals surface area contributed by atoms with Crippen LogP contribution in [0, 0.1) is 22.2 Å². The fraction of sp³-hybridized carbons (Fsp3) is 0.913. The van der Waals surface area contributed by atoms with E-state index in [1.165, 1.54) is 12.8 Å². The van der Waals surface area contributed by atoms with Gasteiger partial charge in [-0.25, -0.2) is 0 Å². The van der Waals surface area contributed by atoms with Crippen LogP contribution in [0.2, 0.25) is 0 Å². The lowest BCUT2D eigenvalue weighted by Gasteiger charge is -2.59. The van der Waals surface area contributed by atoms with E-state index in [0.717, 1.165) is 0 Å². The van der Waals surface area contributed by atoms with Crippen molar-refractivity contribution in [1.29, 1.82) is 0 Å². The van der Waals surface area contributed by atoms with Gasteiger partial charge < -0.3 is 0 Å². The van der Waals surface area contributed by atoms with E-state index in [1.807, 2.05) is 0 Å². The van der Waals surface area contributed by atoms with Crippen LogP contribution >= 0.6 is 0 Å². The van der Waals surface area contributed by atoms with E-state index in [-0.39, 0.29) is 21.8 Å². The van der Waals surface area contributed by atoms with E-state index in [4.69, 9.17) is 0 Å². The molecule has 0 spiro atoms. The molecule has 1 heteroatoms. The van der Waals surface area contributed by atoms with Crippen molar-refractivity contribution in [2.75, 3.05) is 0 Å². The van der Waals surface area contributed by atoms with Gasteiger partial charge in [-0.05, 0) is 55.8 Å². The van der Waals surface area contributed by atoms with Crippen LogP contribution in [-0.4, -0.2) is 22.5 Å². The van der Waals surface area contributed by atoms with Crippen molar-refractivity contribution in [2.45, 2.75) is 114 Å². The smallest absolute Gasteiger partial charge is 0.0220 e. The van der Waals surface area contributed by atoms with E-state index in [9.17, 15) is 0 Å². The molecule has 1 aliphatic rings. The van der Waals surface area contributed by atoms with Crippen molar-refractivity contribution in [3.05, 3.63) is 12.2 Å². The predicted octanol–water partition coefficient (Wildman–Crippen LogP) is 6.93. The largest absolute Gasteiger partial charge is 0.291 e. The number of allylic oxidation sites excluding steroid dienone is 1. The molecule has 0 saturated heterocycles. The molecule has 3 atom stereocenters. The standard InChI is InChI=1S/C23H45N/c1-20(2,3)17-15-13-14-16-18(21(4,5)6)24(23(10,11)12)19(17)22(7,8)9/h13,15,17-19H,14,16H2,1-12H3/b15-13-. The molecule has 0 bridgehead atoms. The van der Waals surface area contributed by atoms with E-state index in [2.05, 4.69) is 100 Å². The molecule has 0 aliphatic carbocycles. The van der Waals surface area contributed by atoms with Gasteiger partial charge >= 0.3 is 0 Å². The Bertz CT molecular complexity index is 431. The van der Waals surface area contributed by atoms with Crippen molar-refractivity contribution >= 4 is 0 Å². The van der Waals surface area contributed by atoms with Crippen LogP contribution in [0.15, 0.2) is 12.2 Å². The van der Waals surface area contributed by atoms with Crippen molar-refractivity contribution in [1.82, 2.24) is 4.90 Å². The molecule has 0 aromatic rings. The molecular weight excluding hydrogens is 290 g/mol. The van der Waals surface area contributed by atoms with E-state index in [0.29, 0.717) is 18.0 Å². The summed E-state index contributed by atoms with van der Waals surface area (Å²) in [6.07, 6.45) is 7.44. The topological polar surface area (TPSA) is 3.24 Å². The van der Waals surface area contributed by atoms with Crippen LogP contribution in [0.3, 0.4) is 0 Å². The zero-order valence-electron chi connectivity index (χ0n) is 18.7. The molecule has 1 aliphatic heterocycles. The van der Waals surface area contributed by atoms with Crippen LogP contribution in [-0.2, 0) is 0 Å². The lowest BCUT2D eigenvalue weighted by Crippen LogP contribution is -2.64. The Morgan fingerprint density at radius 2 is 1.21 bits per heavy atom. The Morgan fingerprint density at radius 3 is 1.54 bits per heavy atom. The Kier molecular flexibility index (Phi) is 6.14. The van der Waals surface area contributed by atoms with Gasteiger partial charge in [-0.1, -0.05) is 74.5 Å². The summed E-state index contributed by atoms with van der Waals surface area (Å²) in [6.45, 7) is 29.0. The Labute approximate surface area is 153 Å². The zero-order valence-corrected chi connectivity index (χ0v) is 18.7. The molecule has 24 heavy (non-hydrogen) atoms.